The number of aromatic nitrogens is 1. The van der Waals surface area contributed by atoms with Crippen molar-refractivity contribution in [3.63, 3.8) is 0 Å². The quantitative estimate of drug-likeness (QED) is 0.916. The van der Waals surface area contributed by atoms with Crippen LogP contribution >= 0.6 is 27.3 Å². The lowest BCUT2D eigenvalue weighted by Gasteiger charge is -2.10. The van der Waals surface area contributed by atoms with Gasteiger partial charge in [-0.1, -0.05) is 15.9 Å². The lowest BCUT2D eigenvalue weighted by Crippen LogP contribution is -2.18. The number of ether oxygens (including phenoxy) is 1. The zero-order valence-electron chi connectivity index (χ0n) is 10.1. The zero-order chi connectivity index (χ0) is 13.0. The molecule has 3 nitrogen and oxygen atoms in total. The average molecular weight is 327 g/mol. The molecule has 0 radical (unpaired) electrons. The summed E-state index contributed by atoms with van der Waals surface area (Å²) in [6.45, 7) is 2.50. The molecule has 0 aliphatic rings. The lowest BCUT2D eigenvalue weighted by atomic mass is 10.1. The van der Waals surface area contributed by atoms with Gasteiger partial charge in [0.1, 0.15) is 12.4 Å². The Morgan fingerprint density at radius 2 is 2.33 bits per heavy atom. The molecule has 1 heterocycles. The Morgan fingerprint density at radius 3 is 3.00 bits per heavy atom. The molecule has 5 heteroatoms. The van der Waals surface area contributed by atoms with Gasteiger partial charge in [0.15, 0.2) is 0 Å². The molecule has 2 aromatic rings. The Morgan fingerprint density at radius 1 is 1.50 bits per heavy atom. The van der Waals surface area contributed by atoms with E-state index in [1.165, 1.54) is 5.56 Å². The summed E-state index contributed by atoms with van der Waals surface area (Å²) in [5.41, 5.74) is 9.75. The van der Waals surface area contributed by atoms with Crippen molar-refractivity contribution in [3.05, 3.63) is 44.8 Å². The molecule has 0 amide bonds. The molecule has 0 aliphatic carbocycles. The van der Waals surface area contributed by atoms with E-state index >= 15 is 0 Å². The largest absolute Gasteiger partial charge is 0.487 e. The molecule has 1 unspecified atom stereocenters. The predicted molar refractivity (Wildman–Crippen MR) is 77.9 cm³/mol. The van der Waals surface area contributed by atoms with Gasteiger partial charge in [0.2, 0.25) is 0 Å². The van der Waals surface area contributed by atoms with Crippen molar-refractivity contribution < 1.29 is 4.74 Å². The molecule has 0 aliphatic heterocycles. The Bertz CT molecular complexity index is 500. The van der Waals surface area contributed by atoms with Gasteiger partial charge in [-0.2, -0.15) is 0 Å². The number of rotatable bonds is 5. The van der Waals surface area contributed by atoms with E-state index in [4.69, 9.17) is 10.5 Å². The lowest BCUT2D eigenvalue weighted by molar-refractivity contribution is 0.301. The van der Waals surface area contributed by atoms with Crippen molar-refractivity contribution in [3.8, 4) is 5.75 Å². The molecule has 2 rings (SSSR count). The van der Waals surface area contributed by atoms with Gasteiger partial charge < -0.3 is 10.5 Å². The Balaban J connectivity index is 2.04. The normalized spacial score (nSPS) is 12.4. The van der Waals surface area contributed by atoms with Gasteiger partial charge in [0, 0.05) is 15.9 Å². The van der Waals surface area contributed by atoms with E-state index in [9.17, 15) is 0 Å². The summed E-state index contributed by atoms with van der Waals surface area (Å²) >= 11 is 5.10. The molecule has 0 saturated carbocycles. The van der Waals surface area contributed by atoms with E-state index in [1.807, 2.05) is 36.0 Å². The van der Waals surface area contributed by atoms with Crippen LogP contribution in [0.4, 0.5) is 0 Å². The highest BCUT2D eigenvalue weighted by Crippen LogP contribution is 2.24. The smallest absolute Gasteiger partial charge is 0.131 e. The molecule has 18 heavy (non-hydrogen) atoms. The van der Waals surface area contributed by atoms with Crippen LogP contribution in [-0.2, 0) is 13.0 Å². The molecule has 1 aromatic heterocycles. The Hall–Kier alpha value is -0.910. The Kier molecular flexibility index (Phi) is 4.74. The van der Waals surface area contributed by atoms with E-state index in [0.29, 0.717) is 6.61 Å². The van der Waals surface area contributed by atoms with Gasteiger partial charge in [0.05, 0.1) is 11.2 Å². The fraction of sp³-hybridized carbons (Fsp3) is 0.308. The third kappa shape index (κ3) is 3.80. The maximum atomic E-state index is 5.82. The highest BCUT2D eigenvalue weighted by Gasteiger charge is 2.06. The molecule has 0 spiro atoms. The fourth-order valence-electron chi connectivity index (χ4n) is 1.61. The topological polar surface area (TPSA) is 48.1 Å². The number of benzene rings is 1. The van der Waals surface area contributed by atoms with Crippen molar-refractivity contribution >= 4 is 27.3 Å². The van der Waals surface area contributed by atoms with Gasteiger partial charge in [-0.3, -0.25) is 0 Å². The molecule has 0 bridgehead atoms. The maximum absolute atomic E-state index is 5.82. The summed E-state index contributed by atoms with van der Waals surface area (Å²) in [5, 5.41) is 1.99. The van der Waals surface area contributed by atoms with E-state index in [-0.39, 0.29) is 6.04 Å². The minimum atomic E-state index is 0.134. The summed E-state index contributed by atoms with van der Waals surface area (Å²) in [7, 11) is 0. The first-order valence-electron chi connectivity index (χ1n) is 5.69. The number of halogens is 1. The van der Waals surface area contributed by atoms with Gasteiger partial charge in [-0.05, 0) is 37.1 Å². The molecular formula is C13H15BrN2OS. The number of nitrogens with zero attached hydrogens (tertiary/aromatic N) is 1. The van der Waals surface area contributed by atoms with E-state index < -0.39 is 0 Å². The number of thiazole rings is 1. The van der Waals surface area contributed by atoms with Gasteiger partial charge in [-0.15, -0.1) is 11.3 Å². The summed E-state index contributed by atoms with van der Waals surface area (Å²) in [6, 6.07) is 6.10. The molecular weight excluding hydrogens is 312 g/mol. The highest BCUT2D eigenvalue weighted by atomic mass is 79.9. The molecule has 0 fully saturated rings. The average Bonchev–Trinajstić information content (AvgIpc) is 2.82. The number of hydrogen-bond donors (Lipinski definition) is 1. The van der Waals surface area contributed by atoms with Crippen LogP contribution in [0.3, 0.4) is 0 Å². The van der Waals surface area contributed by atoms with Crippen molar-refractivity contribution in [2.75, 3.05) is 0 Å². The number of hydrogen-bond acceptors (Lipinski definition) is 4. The van der Waals surface area contributed by atoms with Crippen LogP contribution < -0.4 is 10.5 Å². The summed E-state index contributed by atoms with van der Waals surface area (Å²) in [4.78, 5) is 4.18. The minimum absolute atomic E-state index is 0.134. The van der Waals surface area contributed by atoms with Crippen LogP contribution in [0.5, 0.6) is 5.75 Å². The molecule has 0 saturated heterocycles. The second kappa shape index (κ2) is 6.31. The molecule has 96 valence electrons. The van der Waals surface area contributed by atoms with Gasteiger partial charge in [0.25, 0.3) is 0 Å². The Labute approximate surface area is 119 Å². The predicted octanol–water partition coefficient (Wildman–Crippen LogP) is 3.37. The number of nitrogens with two attached hydrogens (primary N) is 1. The van der Waals surface area contributed by atoms with Crippen molar-refractivity contribution in [1.82, 2.24) is 4.98 Å². The third-order valence-corrected chi connectivity index (χ3v) is 3.84. The SMILES string of the molecule is CC(N)Cc1cc(OCc2cscn2)ccc1Br. The minimum Gasteiger partial charge on any atom is -0.487 e. The summed E-state index contributed by atoms with van der Waals surface area (Å²) in [5.74, 6) is 0.849. The second-order valence-corrected chi connectivity index (χ2v) is 5.78. The first kappa shape index (κ1) is 13.5. The van der Waals surface area contributed by atoms with E-state index in [1.54, 1.807) is 11.3 Å². The van der Waals surface area contributed by atoms with Crippen molar-refractivity contribution in [2.45, 2.75) is 26.0 Å². The standard InChI is InChI=1S/C13H15BrN2OS/c1-9(15)4-10-5-12(2-3-13(10)14)17-6-11-7-18-8-16-11/h2-3,5,7-9H,4,6,15H2,1H3. The van der Waals surface area contributed by atoms with Gasteiger partial charge in [-0.25, -0.2) is 4.98 Å². The highest BCUT2D eigenvalue weighted by molar-refractivity contribution is 9.10. The molecule has 2 N–H and O–H groups in total. The van der Waals surface area contributed by atoms with Crippen molar-refractivity contribution in [2.24, 2.45) is 5.73 Å². The molecule has 1 aromatic carbocycles. The second-order valence-electron chi connectivity index (χ2n) is 4.20. The zero-order valence-corrected chi connectivity index (χ0v) is 12.5. The van der Waals surface area contributed by atoms with Crippen LogP contribution in [0.2, 0.25) is 0 Å². The van der Waals surface area contributed by atoms with Crippen LogP contribution in [0.15, 0.2) is 33.6 Å². The third-order valence-electron chi connectivity index (χ3n) is 2.43. The maximum Gasteiger partial charge on any atom is 0.131 e. The van der Waals surface area contributed by atoms with E-state index in [2.05, 4.69) is 20.9 Å². The monoisotopic (exact) mass is 326 g/mol. The van der Waals surface area contributed by atoms with Crippen LogP contribution in [0.25, 0.3) is 0 Å². The van der Waals surface area contributed by atoms with E-state index in [0.717, 1.165) is 22.3 Å². The van der Waals surface area contributed by atoms with Crippen LogP contribution in [0, 0.1) is 0 Å². The molecule has 1 atom stereocenters. The first-order valence-corrected chi connectivity index (χ1v) is 7.42. The summed E-state index contributed by atoms with van der Waals surface area (Å²) in [6.07, 6.45) is 0.828. The fourth-order valence-corrected chi connectivity index (χ4v) is 2.56. The first-order chi connectivity index (χ1) is 8.65. The summed E-state index contributed by atoms with van der Waals surface area (Å²) < 4.78 is 6.78. The van der Waals surface area contributed by atoms with Crippen LogP contribution in [0.1, 0.15) is 18.2 Å². The van der Waals surface area contributed by atoms with Gasteiger partial charge >= 0.3 is 0 Å². The van der Waals surface area contributed by atoms with Crippen molar-refractivity contribution in [1.29, 1.82) is 0 Å². The van der Waals surface area contributed by atoms with Crippen LogP contribution in [-0.4, -0.2) is 11.0 Å².